The number of hydrogen-bond acceptors (Lipinski definition) is 2. The minimum absolute atomic E-state index is 0.0188. The number of benzene rings is 1. The Hall–Kier alpha value is -1.65. The summed E-state index contributed by atoms with van der Waals surface area (Å²) < 4.78 is 27.8. The molecule has 0 saturated heterocycles. The molecule has 3 nitrogen and oxygen atoms in total. The van der Waals surface area contributed by atoms with Gasteiger partial charge in [-0.3, -0.25) is 4.79 Å². The number of carbonyl (C=O) groups is 1. The van der Waals surface area contributed by atoms with E-state index >= 15 is 0 Å². The highest BCUT2D eigenvalue weighted by atomic mass is 19.1. The summed E-state index contributed by atoms with van der Waals surface area (Å²) in [7, 11) is 1.65. The number of halogens is 2. The summed E-state index contributed by atoms with van der Waals surface area (Å²) in [6.07, 6.45) is 0. The fourth-order valence-electron chi connectivity index (χ4n) is 2.00. The van der Waals surface area contributed by atoms with Crippen LogP contribution in [0.1, 0.15) is 45.0 Å². The lowest BCUT2D eigenvalue weighted by Gasteiger charge is -2.35. The molecule has 0 aliphatic rings. The maximum absolute atomic E-state index is 13.9. The maximum Gasteiger partial charge on any atom is 0.254 e. The molecule has 21 heavy (non-hydrogen) atoms. The third kappa shape index (κ3) is 3.93. The first-order valence-corrected chi connectivity index (χ1v) is 7.09. The van der Waals surface area contributed by atoms with E-state index in [1.54, 1.807) is 14.0 Å². The zero-order valence-corrected chi connectivity index (χ0v) is 13.6. The number of nitrogens with one attached hydrogen (secondary N) is 1. The monoisotopic (exact) mass is 298 g/mol. The normalized spacial score (nSPS) is 13.0. The second-order valence-electron chi connectivity index (χ2n) is 6.30. The van der Waals surface area contributed by atoms with Gasteiger partial charge in [0.15, 0.2) is 0 Å². The second kappa shape index (κ2) is 6.41. The molecule has 0 aliphatic carbocycles. The van der Waals surface area contributed by atoms with Crippen LogP contribution in [0.4, 0.5) is 14.5 Å². The molecule has 1 aromatic carbocycles. The SMILES string of the molecule is CCNc1c(F)cc(C(=O)N(C)C(C)C(C)(C)C)cc1F. The van der Waals surface area contributed by atoms with Crippen molar-refractivity contribution in [2.75, 3.05) is 18.9 Å². The number of rotatable bonds is 4. The number of hydrogen-bond donors (Lipinski definition) is 1. The quantitative estimate of drug-likeness (QED) is 0.914. The summed E-state index contributed by atoms with van der Waals surface area (Å²) in [4.78, 5) is 13.9. The van der Waals surface area contributed by atoms with E-state index in [-0.39, 0.29) is 22.7 Å². The van der Waals surface area contributed by atoms with Crippen molar-refractivity contribution < 1.29 is 13.6 Å². The van der Waals surface area contributed by atoms with Gasteiger partial charge >= 0.3 is 0 Å². The van der Waals surface area contributed by atoms with Crippen LogP contribution in [-0.4, -0.2) is 30.4 Å². The third-order valence-electron chi connectivity index (χ3n) is 3.80. The molecule has 0 radical (unpaired) electrons. The van der Waals surface area contributed by atoms with Gasteiger partial charge in [-0.05, 0) is 31.4 Å². The molecule has 0 fully saturated rings. The summed E-state index contributed by atoms with van der Waals surface area (Å²) in [5.74, 6) is -1.90. The molecule has 1 rings (SSSR count). The molecule has 0 aliphatic heterocycles. The molecule has 1 N–H and O–H groups in total. The van der Waals surface area contributed by atoms with Crippen LogP contribution in [0.3, 0.4) is 0 Å². The number of nitrogens with zero attached hydrogens (tertiary/aromatic N) is 1. The summed E-state index contributed by atoms with van der Waals surface area (Å²) in [6.45, 7) is 10.1. The first kappa shape index (κ1) is 17.4. The largest absolute Gasteiger partial charge is 0.381 e. The van der Waals surface area contributed by atoms with Gasteiger partial charge in [-0.2, -0.15) is 0 Å². The van der Waals surface area contributed by atoms with Gasteiger partial charge in [0.1, 0.15) is 17.3 Å². The van der Waals surface area contributed by atoms with Crippen molar-refractivity contribution in [3.05, 3.63) is 29.3 Å². The Balaban J connectivity index is 3.09. The first-order valence-electron chi connectivity index (χ1n) is 7.09. The van der Waals surface area contributed by atoms with Gasteiger partial charge < -0.3 is 10.2 Å². The molecular weight excluding hydrogens is 274 g/mol. The minimum atomic E-state index is -0.753. The van der Waals surface area contributed by atoms with E-state index < -0.39 is 17.5 Å². The maximum atomic E-state index is 13.9. The lowest BCUT2D eigenvalue weighted by atomic mass is 9.87. The molecule has 118 valence electrons. The molecule has 5 heteroatoms. The van der Waals surface area contributed by atoms with Gasteiger partial charge in [-0.1, -0.05) is 20.8 Å². The van der Waals surface area contributed by atoms with Crippen LogP contribution >= 0.6 is 0 Å². The van der Waals surface area contributed by atoms with Crippen LogP contribution in [0.2, 0.25) is 0 Å². The molecular formula is C16H24F2N2O. The lowest BCUT2D eigenvalue weighted by molar-refractivity contribution is 0.0628. The average molecular weight is 298 g/mol. The van der Waals surface area contributed by atoms with Crippen LogP contribution in [0.15, 0.2) is 12.1 Å². The highest BCUT2D eigenvalue weighted by Gasteiger charge is 2.28. The highest BCUT2D eigenvalue weighted by molar-refractivity contribution is 5.94. The zero-order valence-electron chi connectivity index (χ0n) is 13.6. The lowest BCUT2D eigenvalue weighted by Crippen LogP contribution is -2.43. The van der Waals surface area contributed by atoms with Crippen LogP contribution in [0.5, 0.6) is 0 Å². The number of carbonyl (C=O) groups excluding carboxylic acids is 1. The first-order chi connectivity index (χ1) is 9.59. The smallest absolute Gasteiger partial charge is 0.254 e. The molecule has 0 aromatic heterocycles. The Bertz CT molecular complexity index is 500. The van der Waals surface area contributed by atoms with Crippen molar-refractivity contribution in [3.8, 4) is 0 Å². The van der Waals surface area contributed by atoms with Crippen molar-refractivity contribution in [1.29, 1.82) is 0 Å². The number of amides is 1. The van der Waals surface area contributed by atoms with E-state index in [0.717, 1.165) is 12.1 Å². The molecule has 0 bridgehead atoms. The van der Waals surface area contributed by atoms with Crippen LogP contribution in [0, 0.1) is 17.0 Å². The molecule has 1 unspecified atom stereocenters. The van der Waals surface area contributed by atoms with Gasteiger partial charge in [0.2, 0.25) is 0 Å². The summed E-state index contributed by atoms with van der Waals surface area (Å²) in [5.41, 5.74) is -0.295. The Labute approximate surface area is 125 Å². The molecule has 1 aromatic rings. The zero-order chi connectivity index (χ0) is 16.4. The molecule has 0 saturated carbocycles. The average Bonchev–Trinajstić information content (AvgIpc) is 2.39. The van der Waals surface area contributed by atoms with Gasteiger partial charge in [0.05, 0.1) is 0 Å². The van der Waals surface area contributed by atoms with E-state index in [0.29, 0.717) is 6.54 Å². The molecule has 1 atom stereocenters. The topological polar surface area (TPSA) is 32.3 Å². The highest BCUT2D eigenvalue weighted by Crippen LogP contribution is 2.26. The van der Waals surface area contributed by atoms with E-state index in [4.69, 9.17) is 0 Å². The Morgan fingerprint density at radius 3 is 2.14 bits per heavy atom. The fourth-order valence-corrected chi connectivity index (χ4v) is 2.00. The number of anilines is 1. The minimum Gasteiger partial charge on any atom is -0.381 e. The van der Waals surface area contributed by atoms with Gasteiger partial charge in [0, 0.05) is 25.2 Å². The molecule has 0 heterocycles. The van der Waals surface area contributed by atoms with E-state index in [1.807, 2.05) is 27.7 Å². The summed E-state index contributed by atoms with van der Waals surface area (Å²) in [6, 6.07) is 2.09. The third-order valence-corrected chi connectivity index (χ3v) is 3.80. The summed E-state index contributed by atoms with van der Waals surface area (Å²) in [5, 5.41) is 2.61. The van der Waals surface area contributed by atoms with Crippen LogP contribution < -0.4 is 5.32 Å². The van der Waals surface area contributed by atoms with Crippen molar-refractivity contribution in [2.45, 2.75) is 40.7 Å². The Morgan fingerprint density at radius 2 is 1.76 bits per heavy atom. The van der Waals surface area contributed by atoms with Crippen LogP contribution in [-0.2, 0) is 0 Å². The van der Waals surface area contributed by atoms with Crippen molar-refractivity contribution in [2.24, 2.45) is 5.41 Å². The van der Waals surface area contributed by atoms with E-state index in [9.17, 15) is 13.6 Å². The Kier molecular flexibility index (Phi) is 5.31. The van der Waals surface area contributed by atoms with Gasteiger partial charge in [-0.25, -0.2) is 8.78 Å². The van der Waals surface area contributed by atoms with E-state index in [2.05, 4.69) is 5.32 Å². The van der Waals surface area contributed by atoms with E-state index in [1.165, 1.54) is 4.90 Å². The standard InChI is InChI=1S/C16H24F2N2O/c1-7-19-14-12(17)8-11(9-13(14)18)15(21)20(6)10(2)16(3,4)5/h8-10,19H,7H2,1-6H3. The van der Waals surface area contributed by atoms with Crippen molar-refractivity contribution >= 4 is 11.6 Å². The predicted octanol–water partition coefficient (Wildman–Crippen LogP) is 3.90. The predicted molar refractivity (Wildman–Crippen MR) is 81.5 cm³/mol. The van der Waals surface area contributed by atoms with Crippen molar-refractivity contribution in [3.63, 3.8) is 0 Å². The second-order valence-corrected chi connectivity index (χ2v) is 6.30. The summed E-state index contributed by atoms with van der Waals surface area (Å²) >= 11 is 0. The van der Waals surface area contributed by atoms with Gasteiger partial charge in [-0.15, -0.1) is 0 Å². The molecule has 0 spiro atoms. The molecule has 1 amide bonds. The Morgan fingerprint density at radius 1 is 1.29 bits per heavy atom. The van der Waals surface area contributed by atoms with Gasteiger partial charge in [0.25, 0.3) is 5.91 Å². The van der Waals surface area contributed by atoms with Crippen LogP contribution in [0.25, 0.3) is 0 Å². The van der Waals surface area contributed by atoms with Crippen molar-refractivity contribution in [1.82, 2.24) is 4.90 Å². The fraction of sp³-hybridized carbons (Fsp3) is 0.562.